The van der Waals surface area contributed by atoms with Gasteiger partial charge in [0, 0.05) is 0 Å². The van der Waals surface area contributed by atoms with Crippen LogP contribution in [-0.4, -0.2) is 20.9 Å². The van der Waals surface area contributed by atoms with E-state index in [1.807, 2.05) is 48.5 Å². The van der Waals surface area contributed by atoms with Gasteiger partial charge >= 0.3 is 5.97 Å². The van der Waals surface area contributed by atoms with Crippen LogP contribution >= 0.6 is 0 Å². The largest absolute Gasteiger partial charge is 0.460 e. The van der Waals surface area contributed by atoms with Gasteiger partial charge in [0.05, 0.1) is 4.90 Å². The van der Waals surface area contributed by atoms with E-state index in [4.69, 9.17) is 9.47 Å². The summed E-state index contributed by atoms with van der Waals surface area (Å²) in [6.45, 7) is -0.357. The number of esters is 1. The minimum Gasteiger partial charge on any atom is -0.460 e. The monoisotopic (exact) mass is 397 g/mol. The zero-order valence-electron chi connectivity index (χ0n) is 14.9. The van der Waals surface area contributed by atoms with E-state index in [-0.39, 0.29) is 11.5 Å². The van der Waals surface area contributed by atoms with Crippen molar-refractivity contribution in [2.24, 2.45) is 0 Å². The van der Waals surface area contributed by atoms with Crippen molar-refractivity contribution in [2.75, 3.05) is 6.54 Å². The number of hydrogen-bond acceptors (Lipinski definition) is 5. The van der Waals surface area contributed by atoms with Crippen molar-refractivity contribution in [3.63, 3.8) is 0 Å². The molecule has 28 heavy (non-hydrogen) atoms. The fourth-order valence-corrected chi connectivity index (χ4v) is 3.31. The number of nitrogens with one attached hydrogen (secondary N) is 1. The molecule has 0 atom stereocenters. The van der Waals surface area contributed by atoms with Gasteiger partial charge in [0.2, 0.25) is 10.0 Å². The summed E-state index contributed by atoms with van der Waals surface area (Å²) in [7, 11) is -3.83. The first-order chi connectivity index (χ1) is 13.5. The summed E-state index contributed by atoms with van der Waals surface area (Å²) >= 11 is 0. The van der Waals surface area contributed by atoms with Gasteiger partial charge in [-0.1, -0.05) is 48.5 Å². The lowest BCUT2D eigenvalue weighted by Crippen LogP contribution is -2.30. The molecule has 0 saturated carbocycles. The Morgan fingerprint density at radius 3 is 2.00 bits per heavy atom. The molecule has 3 rings (SSSR count). The summed E-state index contributed by atoms with van der Waals surface area (Å²) in [5, 5.41) is 0. The van der Waals surface area contributed by atoms with Crippen LogP contribution in [0.2, 0.25) is 0 Å². The SMILES string of the molecule is O=C(CNS(=O)(=O)c1ccc(Oc2ccccc2)cc1)OCc1ccccc1. The summed E-state index contributed by atoms with van der Waals surface area (Å²) in [4.78, 5) is 11.8. The maximum Gasteiger partial charge on any atom is 0.321 e. The molecule has 0 aliphatic rings. The molecule has 1 N–H and O–H groups in total. The minimum absolute atomic E-state index is 0.0313. The highest BCUT2D eigenvalue weighted by molar-refractivity contribution is 7.89. The zero-order chi connectivity index (χ0) is 19.8. The van der Waals surface area contributed by atoms with Crippen LogP contribution in [0.25, 0.3) is 0 Å². The molecule has 6 nitrogen and oxygen atoms in total. The van der Waals surface area contributed by atoms with Gasteiger partial charge in [0.15, 0.2) is 0 Å². The van der Waals surface area contributed by atoms with E-state index in [1.54, 1.807) is 24.3 Å². The van der Waals surface area contributed by atoms with Gasteiger partial charge < -0.3 is 9.47 Å². The molecule has 3 aromatic rings. The number of benzene rings is 3. The lowest BCUT2D eigenvalue weighted by Gasteiger charge is -2.09. The van der Waals surface area contributed by atoms with E-state index in [0.29, 0.717) is 11.5 Å². The molecule has 0 bridgehead atoms. The molecule has 0 aliphatic carbocycles. The van der Waals surface area contributed by atoms with Crippen LogP contribution in [0.3, 0.4) is 0 Å². The van der Waals surface area contributed by atoms with Crippen LogP contribution in [0, 0.1) is 0 Å². The summed E-state index contributed by atoms with van der Waals surface area (Å²) in [6, 6.07) is 24.2. The van der Waals surface area contributed by atoms with Gasteiger partial charge in [-0.05, 0) is 42.0 Å². The van der Waals surface area contributed by atoms with E-state index in [1.165, 1.54) is 12.1 Å². The third kappa shape index (κ3) is 5.67. The first-order valence-corrected chi connectivity index (χ1v) is 10.0. The number of carbonyl (C=O) groups is 1. The van der Waals surface area contributed by atoms with Crippen LogP contribution in [-0.2, 0) is 26.2 Å². The van der Waals surface area contributed by atoms with Crippen molar-refractivity contribution in [3.8, 4) is 11.5 Å². The molecule has 0 radical (unpaired) electrons. The van der Waals surface area contributed by atoms with Gasteiger partial charge in [0.1, 0.15) is 24.7 Å². The van der Waals surface area contributed by atoms with E-state index < -0.39 is 22.5 Å². The number of sulfonamides is 1. The Hall–Kier alpha value is -3.16. The van der Waals surface area contributed by atoms with Gasteiger partial charge in [-0.3, -0.25) is 4.79 Å². The standard InChI is InChI=1S/C21H19NO5S/c23-21(26-16-17-7-3-1-4-8-17)15-22-28(24,25)20-13-11-19(12-14-20)27-18-9-5-2-6-10-18/h1-14,22H,15-16H2. The molecular formula is C21H19NO5S. The molecule has 0 unspecified atom stereocenters. The van der Waals surface area contributed by atoms with Gasteiger partial charge in [-0.15, -0.1) is 0 Å². The Bertz CT molecular complexity index is 1000. The second-order valence-corrected chi connectivity index (χ2v) is 7.62. The first kappa shape index (κ1) is 19.6. The van der Waals surface area contributed by atoms with Crippen LogP contribution in [0.4, 0.5) is 0 Å². The molecule has 0 fully saturated rings. The van der Waals surface area contributed by atoms with E-state index in [2.05, 4.69) is 4.72 Å². The Kier molecular flexibility index (Phi) is 6.41. The summed E-state index contributed by atoms with van der Waals surface area (Å²) in [5.74, 6) is 0.501. The molecule has 144 valence electrons. The molecule has 0 aliphatic heterocycles. The number of carbonyl (C=O) groups excluding carboxylic acids is 1. The first-order valence-electron chi connectivity index (χ1n) is 8.55. The van der Waals surface area contributed by atoms with Crippen LogP contribution in [0.5, 0.6) is 11.5 Å². The minimum atomic E-state index is -3.83. The third-order valence-electron chi connectivity index (χ3n) is 3.76. The summed E-state index contributed by atoms with van der Waals surface area (Å²) in [5.41, 5.74) is 0.827. The Balaban J connectivity index is 1.53. The van der Waals surface area contributed by atoms with Gasteiger partial charge in [0.25, 0.3) is 0 Å². The fraction of sp³-hybridized carbons (Fsp3) is 0.0952. The zero-order valence-corrected chi connectivity index (χ0v) is 15.8. The average Bonchev–Trinajstić information content (AvgIpc) is 2.73. The average molecular weight is 397 g/mol. The van der Waals surface area contributed by atoms with Crippen molar-refractivity contribution in [1.82, 2.24) is 4.72 Å². The lowest BCUT2D eigenvalue weighted by atomic mass is 10.2. The van der Waals surface area contributed by atoms with Gasteiger partial charge in [-0.2, -0.15) is 4.72 Å². The topological polar surface area (TPSA) is 81.7 Å². The van der Waals surface area contributed by atoms with Crippen LogP contribution < -0.4 is 9.46 Å². The van der Waals surface area contributed by atoms with Crippen molar-refractivity contribution in [3.05, 3.63) is 90.5 Å². The third-order valence-corrected chi connectivity index (χ3v) is 5.18. The normalized spacial score (nSPS) is 11.0. The lowest BCUT2D eigenvalue weighted by molar-refractivity contribution is -0.143. The van der Waals surface area contributed by atoms with Crippen molar-refractivity contribution in [1.29, 1.82) is 0 Å². The molecule has 0 spiro atoms. The van der Waals surface area contributed by atoms with E-state index in [0.717, 1.165) is 5.56 Å². The number of hydrogen-bond donors (Lipinski definition) is 1. The maximum atomic E-state index is 12.3. The van der Waals surface area contributed by atoms with Crippen molar-refractivity contribution >= 4 is 16.0 Å². The highest BCUT2D eigenvalue weighted by Crippen LogP contribution is 2.22. The summed E-state index contributed by atoms with van der Waals surface area (Å²) < 4.78 is 37.6. The molecule has 0 aromatic heterocycles. The summed E-state index contributed by atoms with van der Waals surface area (Å²) in [6.07, 6.45) is 0. The molecular weight excluding hydrogens is 378 g/mol. The van der Waals surface area contributed by atoms with Crippen LogP contribution in [0.1, 0.15) is 5.56 Å². The molecule has 0 saturated heterocycles. The van der Waals surface area contributed by atoms with E-state index >= 15 is 0 Å². The molecule has 0 heterocycles. The van der Waals surface area contributed by atoms with Crippen molar-refractivity contribution in [2.45, 2.75) is 11.5 Å². The van der Waals surface area contributed by atoms with E-state index in [9.17, 15) is 13.2 Å². The highest BCUT2D eigenvalue weighted by Gasteiger charge is 2.16. The number of ether oxygens (including phenoxy) is 2. The maximum absolute atomic E-state index is 12.3. The van der Waals surface area contributed by atoms with Crippen LogP contribution in [0.15, 0.2) is 89.8 Å². The second-order valence-electron chi connectivity index (χ2n) is 5.86. The fourth-order valence-electron chi connectivity index (χ4n) is 2.34. The Labute approximate surface area is 163 Å². The number of rotatable bonds is 8. The predicted octanol–water partition coefficient (Wildman–Crippen LogP) is 3.50. The highest BCUT2D eigenvalue weighted by atomic mass is 32.2. The number of para-hydroxylation sites is 1. The van der Waals surface area contributed by atoms with Crippen molar-refractivity contribution < 1.29 is 22.7 Å². The Morgan fingerprint density at radius 1 is 0.786 bits per heavy atom. The quantitative estimate of drug-likeness (QED) is 0.589. The smallest absolute Gasteiger partial charge is 0.321 e. The predicted molar refractivity (Wildman–Crippen MR) is 104 cm³/mol. The molecule has 7 heteroatoms. The second kappa shape index (κ2) is 9.16. The molecule has 3 aromatic carbocycles. The van der Waals surface area contributed by atoms with Gasteiger partial charge in [-0.25, -0.2) is 8.42 Å². The Morgan fingerprint density at radius 2 is 1.36 bits per heavy atom. The molecule has 0 amide bonds.